The monoisotopic (exact) mass is 602 g/mol. The van der Waals surface area contributed by atoms with Crippen molar-refractivity contribution in [2.45, 2.75) is 6.92 Å². The number of ether oxygens (including phenoxy) is 2. The second kappa shape index (κ2) is 11.3. The molecule has 0 atom stereocenters. The number of nitrogens with one attached hydrogen (secondary N) is 1. The summed E-state index contributed by atoms with van der Waals surface area (Å²) < 4.78 is 11.8. The van der Waals surface area contributed by atoms with Crippen molar-refractivity contribution in [2.24, 2.45) is 0 Å². The average molecular weight is 605 g/mol. The van der Waals surface area contributed by atoms with Crippen LogP contribution < -0.4 is 14.8 Å². The van der Waals surface area contributed by atoms with Crippen LogP contribution in [-0.2, 0) is 4.79 Å². The number of methoxy groups -OCH3 is 1. The Morgan fingerprint density at radius 1 is 1.06 bits per heavy atom. The van der Waals surface area contributed by atoms with Gasteiger partial charge in [-0.25, -0.2) is 4.79 Å². The van der Waals surface area contributed by atoms with Crippen LogP contribution in [0.5, 0.6) is 11.5 Å². The zero-order valence-electron chi connectivity index (χ0n) is 18.0. The Labute approximate surface area is 218 Å². The predicted molar refractivity (Wildman–Crippen MR) is 138 cm³/mol. The summed E-state index contributed by atoms with van der Waals surface area (Å²) in [5.41, 5.74) is 2.20. The Morgan fingerprint density at radius 2 is 1.71 bits per heavy atom. The smallest absolute Gasteiger partial charge is 0.343 e. The van der Waals surface area contributed by atoms with Gasteiger partial charge in [0, 0.05) is 8.95 Å². The first-order chi connectivity index (χ1) is 16.2. The number of carbonyl (C=O) groups excluding carboxylic acids is 2. The Balaban J connectivity index is 1.77. The fraction of sp³-hybridized carbons (Fsp3) is 0.0800. The number of benzene rings is 3. The van der Waals surface area contributed by atoms with Gasteiger partial charge < -0.3 is 14.8 Å². The fourth-order valence-corrected chi connectivity index (χ4v) is 4.73. The molecule has 0 saturated heterocycles. The molecular formula is C25H17Br2ClN2O4. The van der Waals surface area contributed by atoms with Crippen molar-refractivity contribution in [1.82, 2.24) is 0 Å². The lowest BCUT2D eigenvalue weighted by molar-refractivity contribution is -0.112. The van der Waals surface area contributed by atoms with Gasteiger partial charge in [0.1, 0.15) is 23.1 Å². The number of aryl methyl sites for hydroxylation is 1. The number of nitriles is 1. The topological polar surface area (TPSA) is 88.4 Å². The number of anilines is 1. The summed E-state index contributed by atoms with van der Waals surface area (Å²) in [4.78, 5) is 25.1. The van der Waals surface area contributed by atoms with E-state index in [1.165, 1.54) is 25.3 Å². The van der Waals surface area contributed by atoms with Crippen molar-refractivity contribution >= 4 is 67.1 Å². The van der Waals surface area contributed by atoms with E-state index in [9.17, 15) is 14.9 Å². The molecule has 0 aliphatic rings. The van der Waals surface area contributed by atoms with Crippen LogP contribution in [0.2, 0.25) is 5.02 Å². The zero-order valence-corrected chi connectivity index (χ0v) is 21.9. The summed E-state index contributed by atoms with van der Waals surface area (Å²) in [7, 11) is 1.53. The minimum atomic E-state index is -0.584. The number of rotatable bonds is 6. The van der Waals surface area contributed by atoms with E-state index < -0.39 is 11.9 Å². The SMILES string of the molecule is COc1ccc(C(=O)Oc2ccc(/C=C(\C#N)C(=O)Nc3c(Br)cc(C)cc3Br)cc2Cl)cc1. The van der Waals surface area contributed by atoms with Crippen molar-refractivity contribution < 1.29 is 19.1 Å². The Bertz CT molecular complexity index is 1310. The van der Waals surface area contributed by atoms with E-state index in [2.05, 4.69) is 37.2 Å². The van der Waals surface area contributed by atoms with Crippen molar-refractivity contribution in [3.63, 3.8) is 0 Å². The molecule has 0 fully saturated rings. The molecule has 3 rings (SSSR count). The van der Waals surface area contributed by atoms with E-state index in [1.807, 2.05) is 25.1 Å². The quantitative estimate of drug-likeness (QED) is 0.142. The first kappa shape index (κ1) is 25.5. The highest BCUT2D eigenvalue weighted by Gasteiger charge is 2.15. The highest BCUT2D eigenvalue weighted by atomic mass is 79.9. The third-order valence-corrected chi connectivity index (χ3v) is 6.13. The van der Waals surface area contributed by atoms with Crippen molar-refractivity contribution in [2.75, 3.05) is 12.4 Å². The van der Waals surface area contributed by atoms with Gasteiger partial charge in [-0.1, -0.05) is 17.7 Å². The normalized spacial score (nSPS) is 10.9. The number of esters is 1. The van der Waals surface area contributed by atoms with Gasteiger partial charge in [0.15, 0.2) is 0 Å². The van der Waals surface area contributed by atoms with Crippen molar-refractivity contribution in [1.29, 1.82) is 5.26 Å². The van der Waals surface area contributed by atoms with Crippen LogP contribution in [-0.4, -0.2) is 19.0 Å². The largest absolute Gasteiger partial charge is 0.497 e. The lowest BCUT2D eigenvalue weighted by atomic mass is 10.1. The number of amides is 1. The van der Waals surface area contributed by atoms with Gasteiger partial charge >= 0.3 is 5.97 Å². The maximum Gasteiger partial charge on any atom is 0.343 e. The molecule has 3 aromatic rings. The van der Waals surface area contributed by atoms with E-state index in [4.69, 9.17) is 21.1 Å². The lowest BCUT2D eigenvalue weighted by Crippen LogP contribution is -2.14. The van der Waals surface area contributed by atoms with Gasteiger partial charge in [0.2, 0.25) is 0 Å². The molecular weight excluding hydrogens is 588 g/mol. The highest BCUT2D eigenvalue weighted by molar-refractivity contribution is 9.11. The molecule has 0 spiro atoms. The number of halogens is 3. The Kier molecular flexibility index (Phi) is 8.51. The third kappa shape index (κ3) is 6.26. The highest BCUT2D eigenvalue weighted by Crippen LogP contribution is 2.33. The molecule has 6 nitrogen and oxygen atoms in total. The van der Waals surface area contributed by atoms with Gasteiger partial charge in [-0.15, -0.1) is 0 Å². The summed E-state index contributed by atoms with van der Waals surface area (Å²) in [6, 6.07) is 16.6. The van der Waals surface area contributed by atoms with Crippen LogP contribution in [0.4, 0.5) is 5.69 Å². The van der Waals surface area contributed by atoms with Crippen LogP contribution in [0.15, 0.2) is 69.1 Å². The second-order valence-electron chi connectivity index (χ2n) is 7.04. The van der Waals surface area contributed by atoms with Gasteiger partial charge in [-0.05, 0) is 105 Å². The van der Waals surface area contributed by atoms with Gasteiger partial charge in [-0.3, -0.25) is 4.79 Å². The maximum absolute atomic E-state index is 12.7. The van der Waals surface area contributed by atoms with E-state index in [0.717, 1.165) is 5.56 Å². The number of hydrogen-bond donors (Lipinski definition) is 1. The van der Waals surface area contributed by atoms with Crippen molar-refractivity contribution in [3.05, 3.63) is 90.8 Å². The molecule has 0 aromatic heterocycles. The standard InChI is InChI=1S/C25H17Br2ClN2O4/c1-14-9-19(26)23(20(27)10-14)30-24(31)17(13-29)11-15-3-8-22(21(28)12-15)34-25(32)16-4-6-18(33-2)7-5-16/h3-12H,1-2H3,(H,30,31)/b17-11+. The summed E-state index contributed by atoms with van der Waals surface area (Å²) in [5.74, 6) is -0.404. The number of nitrogens with zero attached hydrogens (tertiary/aromatic N) is 1. The maximum atomic E-state index is 12.7. The number of hydrogen-bond acceptors (Lipinski definition) is 5. The van der Waals surface area contributed by atoms with Crippen LogP contribution in [0.1, 0.15) is 21.5 Å². The predicted octanol–water partition coefficient (Wildman–Crippen LogP) is 6.95. The molecule has 172 valence electrons. The molecule has 0 radical (unpaired) electrons. The number of carbonyl (C=O) groups is 2. The Hall–Kier alpha value is -3.12. The molecule has 0 unspecified atom stereocenters. The fourth-order valence-electron chi connectivity index (χ4n) is 2.89. The average Bonchev–Trinajstić information content (AvgIpc) is 2.81. The van der Waals surface area contributed by atoms with Crippen molar-refractivity contribution in [3.8, 4) is 17.6 Å². The molecule has 0 aliphatic carbocycles. The van der Waals surface area contributed by atoms with Gasteiger partial charge in [-0.2, -0.15) is 5.26 Å². The molecule has 9 heteroatoms. The Morgan fingerprint density at radius 3 is 2.26 bits per heavy atom. The third-order valence-electron chi connectivity index (χ3n) is 4.59. The van der Waals surface area contributed by atoms with Gasteiger partial charge in [0.05, 0.1) is 23.4 Å². The summed E-state index contributed by atoms with van der Waals surface area (Å²) >= 11 is 13.1. The first-order valence-corrected chi connectivity index (χ1v) is 11.7. The molecule has 3 aromatic carbocycles. The molecule has 34 heavy (non-hydrogen) atoms. The molecule has 0 aliphatic heterocycles. The lowest BCUT2D eigenvalue weighted by Gasteiger charge is -2.11. The molecule has 0 heterocycles. The first-order valence-electron chi connectivity index (χ1n) is 9.76. The van der Waals surface area contributed by atoms with E-state index in [-0.39, 0.29) is 16.3 Å². The van der Waals surface area contributed by atoms with Crippen LogP contribution >= 0.6 is 43.5 Å². The summed E-state index contributed by atoms with van der Waals surface area (Å²) in [6.45, 7) is 1.92. The second-order valence-corrected chi connectivity index (χ2v) is 9.15. The van der Waals surface area contributed by atoms with Crippen LogP contribution in [0.25, 0.3) is 6.08 Å². The van der Waals surface area contributed by atoms with Gasteiger partial charge in [0.25, 0.3) is 5.91 Å². The molecule has 1 N–H and O–H groups in total. The minimum absolute atomic E-state index is 0.126. The molecule has 0 bridgehead atoms. The zero-order chi connectivity index (χ0) is 24.8. The minimum Gasteiger partial charge on any atom is -0.497 e. The summed E-state index contributed by atoms with van der Waals surface area (Å²) in [6.07, 6.45) is 1.40. The molecule has 0 saturated carbocycles. The van der Waals surface area contributed by atoms with Crippen LogP contribution in [0.3, 0.4) is 0 Å². The van der Waals surface area contributed by atoms with E-state index >= 15 is 0 Å². The van der Waals surface area contributed by atoms with E-state index in [1.54, 1.807) is 30.3 Å². The van der Waals surface area contributed by atoms with E-state index in [0.29, 0.717) is 31.5 Å². The summed E-state index contributed by atoms with van der Waals surface area (Å²) in [5, 5.41) is 12.4. The van der Waals surface area contributed by atoms with Crippen LogP contribution in [0, 0.1) is 18.3 Å². The molecule has 1 amide bonds.